The Morgan fingerprint density at radius 3 is 2.97 bits per heavy atom. The van der Waals surface area contributed by atoms with Crippen LogP contribution in [0.5, 0.6) is 0 Å². The van der Waals surface area contributed by atoms with Gasteiger partial charge in [-0.3, -0.25) is 14.7 Å². The number of hydrogen-bond donors (Lipinski definition) is 2. The highest BCUT2D eigenvalue weighted by Gasteiger charge is 2.32. The Kier molecular flexibility index (Phi) is 7.12. The predicted octanol–water partition coefficient (Wildman–Crippen LogP) is 4.62. The van der Waals surface area contributed by atoms with Crippen molar-refractivity contribution in [2.24, 2.45) is 15.0 Å². The van der Waals surface area contributed by atoms with Crippen LogP contribution < -0.4 is 10.2 Å². The summed E-state index contributed by atoms with van der Waals surface area (Å²) < 4.78 is 14.7. The number of aromatic amines is 1. The topological polar surface area (TPSA) is 115 Å². The molecule has 1 aromatic heterocycles. The summed E-state index contributed by atoms with van der Waals surface area (Å²) in [4.78, 5) is 46.1. The van der Waals surface area contributed by atoms with Gasteiger partial charge in [0.05, 0.1) is 29.0 Å². The van der Waals surface area contributed by atoms with Gasteiger partial charge in [0.2, 0.25) is 5.91 Å². The van der Waals surface area contributed by atoms with Gasteiger partial charge in [-0.15, -0.1) is 0 Å². The van der Waals surface area contributed by atoms with E-state index < -0.39 is 11.8 Å². The van der Waals surface area contributed by atoms with Crippen molar-refractivity contribution in [1.82, 2.24) is 9.97 Å². The van der Waals surface area contributed by atoms with E-state index in [1.54, 1.807) is 31.5 Å². The maximum absolute atomic E-state index is 14.7. The molecule has 1 aliphatic rings. The minimum absolute atomic E-state index is 0.0404. The number of halogens is 1. The molecular weight excluding hydrogens is 457 g/mol. The van der Waals surface area contributed by atoms with Gasteiger partial charge in [0, 0.05) is 18.8 Å². The summed E-state index contributed by atoms with van der Waals surface area (Å²) >= 11 is 1.13. The van der Waals surface area contributed by atoms with Crippen LogP contribution in [0.15, 0.2) is 57.7 Å². The van der Waals surface area contributed by atoms with Crippen LogP contribution in [-0.4, -0.2) is 51.9 Å². The summed E-state index contributed by atoms with van der Waals surface area (Å²) in [6, 6.07) is 8.85. The number of hydrogen-bond acceptors (Lipinski definition) is 5. The Hall–Kier alpha value is -3.86. The van der Waals surface area contributed by atoms with Gasteiger partial charge in [-0.1, -0.05) is 31.2 Å². The third-order valence-corrected chi connectivity index (χ3v) is 5.87. The third-order valence-electron chi connectivity index (χ3n) is 4.94. The van der Waals surface area contributed by atoms with Gasteiger partial charge in [-0.2, -0.15) is 4.99 Å². The van der Waals surface area contributed by atoms with E-state index in [0.717, 1.165) is 30.1 Å². The second kappa shape index (κ2) is 10.4. The lowest BCUT2D eigenvalue weighted by molar-refractivity contribution is -0.115. The number of aliphatic imine (C=N–C) groups is 3. The van der Waals surface area contributed by atoms with E-state index >= 15 is 0 Å². The monoisotopic (exact) mass is 479 g/mol. The molecule has 3 aromatic rings. The molecule has 3 amide bonds. The number of fused-ring (bicyclic) bond motifs is 1. The summed E-state index contributed by atoms with van der Waals surface area (Å²) in [6.07, 6.45) is 5.01. The number of carbonyl (C=O) groups is 2. The highest BCUT2D eigenvalue weighted by Crippen LogP contribution is 2.31. The van der Waals surface area contributed by atoms with Crippen LogP contribution in [0.1, 0.15) is 25.3 Å². The fourth-order valence-electron chi connectivity index (χ4n) is 3.34. The summed E-state index contributed by atoms with van der Waals surface area (Å²) in [6.45, 7) is 2.03. The number of imidazole rings is 1. The number of amidine groups is 2. The van der Waals surface area contributed by atoms with E-state index in [-0.39, 0.29) is 22.5 Å². The first-order chi connectivity index (χ1) is 16.5. The molecule has 9 nitrogen and oxygen atoms in total. The lowest BCUT2D eigenvalue weighted by atomic mass is 10.1. The molecule has 11 heteroatoms. The average Bonchev–Trinajstić information content (AvgIpc) is 3.45. The molecule has 0 atom stereocenters. The maximum Gasteiger partial charge on any atom is 0.347 e. The molecule has 2 N–H and O–H groups in total. The molecule has 0 radical (unpaired) electrons. The minimum Gasteiger partial charge on any atom is -0.345 e. The van der Waals surface area contributed by atoms with Gasteiger partial charge >= 0.3 is 6.03 Å². The molecule has 1 aliphatic heterocycles. The molecular formula is C23H22FN7O2S. The van der Waals surface area contributed by atoms with Gasteiger partial charge < -0.3 is 10.3 Å². The summed E-state index contributed by atoms with van der Waals surface area (Å²) in [5.41, 5.74) is 2.31. The number of amides is 3. The Morgan fingerprint density at radius 1 is 1.35 bits per heavy atom. The summed E-state index contributed by atoms with van der Waals surface area (Å²) in [7, 11) is 1.58. The largest absolute Gasteiger partial charge is 0.347 e. The van der Waals surface area contributed by atoms with Crippen LogP contribution in [0.25, 0.3) is 11.0 Å². The summed E-state index contributed by atoms with van der Waals surface area (Å²) in [5.74, 6) is -0.341. The third kappa shape index (κ3) is 4.88. The van der Waals surface area contributed by atoms with Crippen LogP contribution >= 0.6 is 11.8 Å². The molecule has 4 rings (SSSR count). The van der Waals surface area contributed by atoms with Crippen molar-refractivity contribution in [1.29, 1.82) is 0 Å². The smallest absolute Gasteiger partial charge is 0.345 e. The van der Waals surface area contributed by atoms with E-state index in [1.807, 2.05) is 13.0 Å². The number of thioether (sulfide) groups is 1. The number of nitrogens with one attached hydrogen (secondary N) is 2. The number of aromatic nitrogens is 2. The zero-order valence-corrected chi connectivity index (χ0v) is 19.4. The number of anilines is 2. The molecule has 0 bridgehead atoms. The number of para-hydroxylation sites is 1. The van der Waals surface area contributed by atoms with E-state index in [2.05, 4.69) is 30.3 Å². The molecule has 2 aromatic carbocycles. The Balaban J connectivity index is 1.54. The number of rotatable bonds is 5. The first kappa shape index (κ1) is 23.3. The Bertz CT molecular complexity index is 1330. The van der Waals surface area contributed by atoms with Crippen LogP contribution in [0.3, 0.4) is 0 Å². The molecule has 1 fully saturated rings. The van der Waals surface area contributed by atoms with Crippen LogP contribution in [0.4, 0.5) is 20.6 Å². The van der Waals surface area contributed by atoms with Crippen molar-refractivity contribution >= 4 is 63.3 Å². The lowest BCUT2D eigenvalue weighted by Crippen LogP contribution is -2.30. The maximum atomic E-state index is 14.7. The lowest BCUT2D eigenvalue weighted by Gasteiger charge is -2.16. The van der Waals surface area contributed by atoms with Crippen molar-refractivity contribution in [2.75, 3.05) is 23.0 Å². The molecule has 0 saturated carbocycles. The number of urea groups is 1. The number of carbonyl (C=O) groups excluding carboxylic acids is 2. The highest BCUT2D eigenvalue weighted by molar-refractivity contribution is 8.15. The molecule has 1 saturated heterocycles. The number of nitrogens with zero attached hydrogens (tertiary/aromatic N) is 5. The van der Waals surface area contributed by atoms with Crippen molar-refractivity contribution in [3.05, 3.63) is 54.1 Å². The Labute approximate surface area is 199 Å². The molecule has 0 unspecified atom stereocenters. The van der Waals surface area contributed by atoms with Gasteiger partial charge in [0.1, 0.15) is 11.3 Å². The standard InChI is InChI=1S/C23H22FN7O2S/c1-3-4-10-26-21(25-2)14-8-9-16(15(24)11-14)29-22(33)30-23-31(19(32)12-34-23)18-7-5-6-17-20(18)28-13-27-17/h5-11,13H,3-4,12H2,1-2H3,(H,27,28)(H,29,33)/b25-21-,26-10-,30-23-. The van der Waals surface area contributed by atoms with Crippen molar-refractivity contribution in [2.45, 2.75) is 19.8 Å². The fourth-order valence-corrected chi connectivity index (χ4v) is 4.20. The number of H-pyrrole nitrogens is 1. The normalized spacial score (nSPS) is 15.7. The van der Waals surface area contributed by atoms with Crippen LogP contribution in [0, 0.1) is 5.82 Å². The first-order valence-corrected chi connectivity index (χ1v) is 11.6. The fraction of sp³-hybridized carbons (Fsp3) is 0.217. The zero-order valence-electron chi connectivity index (χ0n) is 18.6. The van der Waals surface area contributed by atoms with E-state index in [4.69, 9.17) is 0 Å². The van der Waals surface area contributed by atoms with Gasteiger partial charge in [0.25, 0.3) is 0 Å². The average molecular weight is 480 g/mol. The van der Waals surface area contributed by atoms with Crippen molar-refractivity contribution < 1.29 is 14.0 Å². The molecule has 34 heavy (non-hydrogen) atoms. The molecule has 2 heterocycles. The second-order valence-corrected chi connectivity index (χ2v) is 8.20. The van der Waals surface area contributed by atoms with E-state index in [1.165, 1.54) is 23.4 Å². The molecule has 174 valence electrons. The molecule has 0 aliphatic carbocycles. The summed E-state index contributed by atoms with van der Waals surface area (Å²) in [5, 5.41) is 2.63. The Morgan fingerprint density at radius 2 is 2.21 bits per heavy atom. The van der Waals surface area contributed by atoms with Gasteiger partial charge in [0.15, 0.2) is 11.0 Å². The zero-order chi connectivity index (χ0) is 24.1. The van der Waals surface area contributed by atoms with Crippen LogP contribution in [-0.2, 0) is 4.79 Å². The SMILES string of the molecule is CCC/C=N\C(=N/C)c1ccc(NC(=O)/N=C2\SCC(=O)N2c2cccc3[nH]cnc23)c(F)c1. The van der Waals surface area contributed by atoms with E-state index in [0.29, 0.717) is 22.6 Å². The van der Waals surface area contributed by atoms with E-state index in [9.17, 15) is 14.0 Å². The van der Waals surface area contributed by atoms with Crippen molar-refractivity contribution in [3.8, 4) is 0 Å². The quantitative estimate of drug-likeness (QED) is 0.410. The minimum atomic E-state index is -0.798. The predicted molar refractivity (Wildman–Crippen MR) is 135 cm³/mol. The van der Waals surface area contributed by atoms with Gasteiger partial charge in [-0.25, -0.2) is 19.2 Å². The molecule has 0 spiro atoms. The number of unbranched alkanes of at least 4 members (excludes halogenated alkanes) is 1. The first-order valence-electron chi connectivity index (χ1n) is 10.6. The van der Waals surface area contributed by atoms with Gasteiger partial charge in [-0.05, 0) is 36.8 Å². The highest BCUT2D eigenvalue weighted by atomic mass is 32.2. The van der Waals surface area contributed by atoms with Crippen LogP contribution in [0.2, 0.25) is 0 Å². The van der Waals surface area contributed by atoms with Crippen molar-refractivity contribution in [3.63, 3.8) is 0 Å². The second-order valence-electron chi connectivity index (χ2n) is 7.26. The number of benzene rings is 2.